The summed E-state index contributed by atoms with van der Waals surface area (Å²) in [4.78, 5) is 38.7. The van der Waals surface area contributed by atoms with Gasteiger partial charge in [0.2, 0.25) is 5.91 Å². The van der Waals surface area contributed by atoms with Crippen LogP contribution < -0.4 is 16.0 Å². The van der Waals surface area contributed by atoms with Gasteiger partial charge in [-0.3, -0.25) is 19.8 Å². The normalized spacial score (nSPS) is 16.9. The summed E-state index contributed by atoms with van der Waals surface area (Å²) in [5, 5.41) is 8.22. The first-order valence-electron chi connectivity index (χ1n) is 9.80. The number of nitrogens with zero attached hydrogens (tertiary/aromatic N) is 1. The first kappa shape index (κ1) is 21.9. The van der Waals surface area contributed by atoms with Crippen LogP contribution in [0.1, 0.15) is 56.5 Å². The smallest absolute Gasteiger partial charge is 0.321 e. The van der Waals surface area contributed by atoms with Crippen LogP contribution in [-0.2, 0) is 4.79 Å². The highest BCUT2D eigenvalue weighted by atomic mass is 16.2. The Balaban J connectivity index is 1.81. The fourth-order valence-corrected chi connectivity index (χ4v) is 3.28. The Morgan fingerprint density at radius 2 is 1.71 bits per heavy atom. The maximum absolute atomic E-state index is 12.5. The van der Waals surface area contributed by atoms with Crippen molar-refractivity contribution in [3.63, 3.8) is 0 Å². The molecule has 0 radical (unpaired) electrons. The number of aryl methyl sites for hydroxylation is 1. The number of urea groups is 1. The van der Waals surface area contributed by atoms with E-state index in [1.54, 1.807) is 6.92 Å². The molecule has 1 aliphatic rings. The molecule has 0 unspecified atom stereocenters. The minimum atomic E-state index is -0.482. The van der Waals surface area contributed by atoms with Gasteiger partial charge in [-0.15, -0.1) is 0 Å². The van der Waals surface area contributed by atoms with Gasteiger partial charge in [0.1, 0.15) is 0 Å². The molecule has 0 aromatic heterocycles. The quantitative estimate of drug-likeness (QED) is 0.738. The van der Waals surface area contributed by atoms with Crippen molar-refractivity contribution < 1.29 is 14.4 Å². The molecular weight excluding hydrogens is 356 g/mol. The number of imide groups is 1. The van der Waals surface area contributed by atoms with E-state index in [-0.39, 0.29) is 17.9 Å². The molecule has 1 fully saturated rings. The number of amides is 4. The van der Waals surface area contributed by atoms with E-state index in [1.165, 1.54) is 0 Å². The van der Waals surface area contributed by atoms with Crippen molar-refractivity contribution in [2.75, 3.05) is 13.1 Å². The molecule has 0 saturated carbocycles. The number of carbonyl (C=O) groups is 3. The number of likely N-dealkylation sites (tertiary alicyclic amines) is 1. The first-order valence-corrected chi connectivity index (χ1v) is 9.80. The Morgan fingerprint density at radius 3 is 2.29 bits per heavy atom. The van der Waals surface area contributed by atoms with E-state index < -0.39 is 17.6 Å². The van der Waals surface area contributed by atoms with Gasteiger partial charge in [-0.2, -0.15) is 0 Å². The minimum Gasteiger partial charge on any atom is -0.349 e. The first-order chi connectivity index (χ1) is 13.1. The van der Waals surface area contributed by atoms with Gasteiger partial charge in [-0.05, 0) is 59.1 Å². The predicted molar refractivity (Wildman–Crippen MR) is 109 cm³/mol. The topological polar surface area (TPSA) is 90.5 Å². The van der Waals surface area contributed by atoms with Crippen LogP contribution in [0, 0.1) is 6.92 Å². The fraction of sp³-hybridized carbons (Fsp3) is 0.571. The average molecular weight is 389 g/mol. The monoisotopic (exact) mass is 388 g/mol. The molecule has 1 aromatic rings. The second-order valence-corrected chi connectivity index (χ2v) is 8.47. The zero-order valence-electron chi connectivity index (χ0n) is 17.5. The predicted octanol–water partition coefficient (Wildman–Crippen LogP) is 2.20. The maximum Gasteiger partial charge on any atom is 0.321 e. The summed E-state index contributed by atoms with van der Waals surface area (Å²) in [5.41, 5.74) is 1.25. The highest BCUT2D eigenvalue weighted by molar-refractivity contribution is 5.97. The van der Waals surface area contributed by atoms with Gasteiger partial charge in [0.05, 0.1) is 6.04 Å². The summed E-state index contributed by atoms with van der Waals surface area (Å²) < 4.78 is 0. The van der Waals surface area contributed by atoms with E-state index >= 15 is 0 Å². The van der Waals surface area contributed by atoms with Crippen LogP contribution in [0.25, 0.3) is 0 Å². The van der Waals surface area contributed by atoms with Crippen molar-refractivity contribution >= 4 is 17.8 Å². The Labute approximate surface area is 167 Å². The lowest BCUT2D eigenvalue weighted by Gasteiger charge is -2.35. The highest BCUT2D eigenvalue weighted by Crippen LogP contribution is 2.15. The van der Waals surface area contributed by atoms with Crippen LogP contribution in [-0.4, -0.2) is 53.5 Å². The molecular formula is C21H32N4O3. The van der Waals surface area contributed by atoms with Gasteiger partial charge in [0, 0.05) is 30.2 Å². The lowest BCUT2D eigenvalue weighted by molar-refractivity contribution is -0.125. The summed E-state index contributed by atoms with van der Waals surface area (Å²) in [5.74, 6) is -0.370. The summed E-state index contributed by atoms with van der Waals surface area (Å²) in [6.07, 6.45) is 1.53. The van der Waals surface area contributed by atoms with Crippen LogP contribution in [0.2, 0.25) is 0 Å². The largest absolute Gasteiger partial charge is 0.349 e. The number of hydrogen-bond acceptors (Lipinski definition) is 4. The van der Waals surface area contributed by atoms with Crippen molar-refractivity contribution in [1.29, 1.82) is 0 Å². The second-order valence-electron chi connectivity index (χ2n) is 8.47. The van der Waals surface area contributed by atoms with E-state index in [0.717, 1.165) is 18.4 Å². The van der Waals surface area contributed by atoms with Crippen molar-refractivity contribution in [2.24, 2.45) is 0 Å². The molecule has 0 aliphatic carbocycles. The molecule has 4 amide bonds. The van der Waals surface area contributed by atoms with Gasteiger partial charge in [-0.1, -0.05) is 18.2 Å². The van der Waals surface area contributed by atoms with E-state index in [0.29, 0.717) is 18.7 Å². The van der Waals surface area contributed by atoms with Gasteiger partial charge in [0.15, 0.2) is 0 Å². The summed E-state index contributed by atoms with van der Waals surface area (Å²) in [7, 11) is 0. The molecule has 1 atom stereocenters. The van der Waals surface area contributed by atoms with Crippen LogP contribution >= 0.6 is 0 Å². The van der Waals surface area contributed by atoms with E-state index in [4.69, 9.17) is 0 Å². The minimum absolute atomic E-state index is 0.0545. The number of carbonyl (C=O) groups excluding carboxylic acids is 3. The average Bonchev–Trinajstić information content (AvgIpc) is 2.60. The zero-order chi connectivity index (χ0) is 20.9. The lowest BCUT2D eigenvalue weighted by Crippen LogP contribution is -2.55. The van der Waals surface area contributed by atoms with Gasteiger partial charge in [0.25, 0.3) is 5.91 Å². The van der Waals surface area contributed by atoms with Gasteiger partial charge in [-0.25, -0.2) is 4.79 Å². The summed E-state index contributed by atoms with van der Waals surface area (Å²) >= 11 is 0. The van der Waals surface area contributed by atoms with Gasteiger partial charge >= 0.3 is 6.03 Å². The molecule has 1 heterocycles. The van der Waals surface area contributed by atoms with E-state index in [1.807, 2.05) is 56.9 Å². The molecule has 154 valence electrons. The molecule has 7 nitrogen and oxygen atoms in total. The molecule has 7 heteroatoms. The molecule has 2 rings (SSSR count). The number of rotatable bonds is 4. The summed E-state index contributed by atoms with van der Waals surface area (Å²) in [6.45, 7) is 10.7. The van der Waals surface area contributed by atoms with Crippen molar-refractivity contribution in [3.05, 3.63) is 35.4 Å². The third kappa shape index (κ3) is 6.34. The fourth-order valence-electron chi connectivity index (χ4n) is 3.28. The molecule has 3 N–H and O–H groups in total. The van der Waals surface area contributed by atoms with Crippen molar-refractivity contribution in [2.45, 2.75) is 65.1 Å². The Morgan fingerprint density at radius 1 is 1.11 bits per heavy atom. The van der Waals surface area contributed by atoms with E-state index in [9.17, 15) is 14.4 Å². The van der Waals surface area contributed by atoms with Crippen LogP contribution in [0.15, 0.2) is 24.3 Å². The lowest BCUT2D eigenvalue weighted by atomic mass is 10.0. The summed E-state index contributed by atoms with van der Waals surface area (Å²) in [6, 6.07) is 6.73. The third-order valence-electron chi connectivity index (χ3n) is 4.91. The Bertz CT molecular complexity index is 719. The number of hydrogen-bond donors (Lipinski definition) is 3. The van der Waals surface area contributed by atoms with E-state index in [2.05, 4.69) is 16.0 Å². The van der Waals surface area contributed by atoms with Crippen LogP contribution in [0.5, 0.6) is 0 Å². The van der Waals surface area contributed by atoms with Crippen molar-refractivity contribution in [3.8, 4) is 0 Å². The highest BCUT2D eigenvalue weighted by Gasteiger charge is 2.28. The number of piperidine rings is 1. The molecule has 1 aliphatic heterocycles. The third-order valence-corrected chi connectivity index (χ3v) is 4.91. The van der Waals surface area contributed by atoms with Crippen LogP contribution in [0.4, 0.5) is 4.79 Å². The zero-order valence-corrected chi connectivity index (χ0v) is 17.5. The molecule has 0 bridgehead atoms. The SMILES string of the molecule is Cc1ccccc1C(=O)NC1CCN([C@@H](C)C(=O)NC(=O)NC(C)(C)C)CC1. The number of benzene rings is 1. The van der Waals surface area contributed by atoms with Gasteiger partial charge < -0.3 is 10.6 Å². The number of nitrogens with one attached hydrogen (secondary N) is 3. The maximum atomic E-state index is 12.5. The van der Waals surface area contributed by atoms with Crippen molar-refractivity contribution in [1.82, 2.24) is 20.9 Å². The molecule has 0 spiro atoms. The molecule has 28 heavy (non-hydrogen) atoms. The Hall–Kier alpha value is -2.41. The standard InChI is InChI=1S/C21H32N4O3/c1-14-8-6-7-9-17(14)19(27)22-16-10-12-25(13-11-16)15(2)18(26)23-20(28)24-21(3,4)5/h6-9,15-16H,10-13H2,1-5H3,(H,22,27)(H2,23,24,26,28)/t15-/m0/s1. The Kier molecular flexibility index (Phi) is 7.18. The van der Waals surface area contributed by atoms with Crippen LogP contribution in [0.3, 0.4) is 0 Å². The molecule has 1 saturated heterocycles. The second kappa shape index (κ2) is 9.19. The molecule has 1 aromatic carbocycles.